The van der Waals surface area contributed by atoms with Crippen LogP contribution in [0.5, 0.6) is 0 Å². The van der Waals surface area contributed by atoms with E-state index in [1.807, 2.05) is 13.8 Å². The molecule has 0 saturated carbocycles. The number of aromatic nitrogens is 3. The fourth-order valence-electron chi connectivity index (χ4n) is 3.53. The number of hydrogen-bond acceptors (Lipinski definition) is 4. The molecule has 0 aromatic carbocycles. The number of rotatable bonds is 4. The molecule has 2 aromatic heterocycles. The molecule has 24 heavy (non-hydrogen) atoms. The number of nitrogens with one attached hydrogen (secondary N) is 3. The average molecular weight is 331 g/mol. The van der Waals surface area contributed by atoms with Gasteiger partial charge in [0.15, 0.2) is 5.65 Å². The largest absolute Gasteiger partial charge is 0.352 e. The number of piperidine rings is 1. The zero-order valence-corrected chi connectivity index (χ0v) is 14.5. The highest BCUT2D eigenvalue weighted by atomic mass is 16.1. The van der Waals surface area contributed by atoms with Crippen molar-refractivity contribution in [2.24, 2.45) is 7.05 Å². The zero-order valence-electron chi connectivity index (χ0n) is 14.5. The Kier molecular flexibility index (Phi) is 4.71. The molecule has 0 radical (unpaired) electrons. The van der Waals surface area contributed by atoms with Crippen molar-refractivity contribution in [1.82, 2.24) is 25.4 Å². The van der Waals surface area contributed by atoms with Gasteiger partial charge in [0.2, 0.25) is 5.91 Å². The van der Waals surface area contributed by atoms with E-state index in [9.17, 15) is 9.59 Å². The Bertz CT molecular complexity index is 814. The predicted octanol–water partition coefficient (Wildman–Crippen LogP) is 0.679. The Morgan fingerprint density at radius 1 is 1.42 bits per heavy atom. The van der Waals surface area contributed by atoms with Crippen molar-refractivity contribution >= 4 is 16.9 Å². The van der Waals surface area contributed by atoms with Crippen molar-refractivity contribution in [2.75, 3.05) is 13.1 Å². The molecule has 130 valence electrons. The average Bonchev–Trinajstić information content (AvgIpc) is 2.82. The van der Waals surface area contributed by atoms with E-state index in [4.69, 9.17) is 0 Å². The lowest BCUT2D eigenvalue weighted by atomic mass is 10.00. The molecule has 2 aromatic rings. The number of pyridine rings is 1. The van der Waals surface area contributed by atoms with Crippen LogP contribution in [0.3, 0.4) is 0 Å². The topological polar surface area (TPSA) is 91.8 Å². The molecule has 3 rings (SSSR count). The van der Waals surface area contributed by atoms with Gasteiger partial charge in [-0.3, -0.25) is 19.4 Å². The molecule has 3 heterocycles. The Labute approximate surface area is 140 Å². The highest BCUT2D eigenvalue weighted by Gasteiger charge is 2.18. The standard InChI is InChI=1S/C17H25N5O2/c1-10-13(6-7-14(23)20-12-5-4-8-18-9-12)11(2)19-16-15(10)17(24)21-22(16)3/h12,18H,4-9H2,1-3H3,(H,20,23)(H,21,24). The number of hydrogen-bond donors (Lipinski definition) is 3. The zero-order chi connectivity index (χ0) is 17.3. The highest BCUT2D eigenvalue weighted by molar-refractivity contribution is 5.81. The molecule has 1 aliphatic heterocycles. The van der Waals surface area contributed by atoms with Gasteiger partial charge >= 0.3 is 0 Å². The maximum atomic E-state index is 12.2. The Hall–Kier alpha value is -2.15. The summed E-state index contributed by atoms with van der Waals surface area (Å²) in [6.07, 6.45) is 3.14. The third kappa shape index (κ3) is 3.21. The summed E-state index contributed by atoms with van der Waals surface area (Å²) in [7, 11) is 1.78. The maximum Gasteiger partial charge on any atom is 0.273 e. The first-order chi connectivity index (χ1) is 11.5. The van der Waals surface area contributed by atoms with E-state index in [2.05, 4.69) is 20.7 Å². The summed E-state index contributed by atoms with van der Waals surface area (Å²) in [4.78, 5) is 28.8. The van der Waals surface area contributed by atoms with Crippen LogP contribution in [-0.2, 0) is 18.3 Å². The monoisotopic (exact) mass is 331 g/mol. The molecule has 7 nitrogen and oxygen atoms in total. The van der Waals surface area contributed by atoms with E-state index in [0.717, 1.165) is 42.8 Å². The van der Waals surface area contributed by atoms with Crippen molar-refractivity contribution in [3.05, 3.63) is 27.2 Å². The Morgan fingerprint density at radius 3 is 2.92 bits per heavy atom. The molecule has 1 amide bonds. The summed E-state index contributed by atoms with van der Waals surface area (Å²) < 4.78 is 1.64. The normalized spacial score (nSPS) is 18.0. The fraction of sp³-hybridized carbons (Fsp3) is 0.588. The van der Waals surface area contributed by atoms with Crippen LogP contribution < -0.4 is 16.2 Å². The van der Waals surface area contributed by atoms with Crippen molar-refractivity contribution < 1.29 is 4.79 Å². The third-order valence-corrected chi connectivity index (χ3v) is 4.84. The number of aromatic amines is 1. The first-order valence-corrected chi connectivity index (χ1v) is 8.52. The van der Waals surface area contributed by atoms with Crippen molar-refractivity contribution in [3.8, 4) is 0 Å². The second-order valence-electron chi connectivity index (χ2n) is 6.61. The lowest BCUT2D eigenvalue weighted by Gasteiger charge is -2.23. The minimum atomic E-state index is -0.128. The molecule has 3 N–H and O–H groups in total. The number of amides is 1. The molecular weight excluding hydrogens is 306 g/mol. The second kappa shape index (κ2) is 6.76. The van der Waals surface area contributed by atoms with Gasteiger partial charge in [0.05, 0.1) is 5.39 Å². The Balaban J connectivity index is 1.74. The lowest BCUT2D eigenvalue weighted by molar-refractivity contribution is -0.121. The molecule has 1 unspecified atom stereocenters. The molecule has 7 heteroatoms. The van der Waals surface area contributed by atoms with E-state index >= 15 is 0 Å². The van der Waals surface area contributed by atoms with Gasteiger partial charge in [0.1, 0.15) is 0 Å². The molecule has 1 saturated heterocycles. The first-order valence-electron chi connectivity index (χ1n) is 8.52. The van der Waals surface area contributed by atoms with Crippen LogP contribution in [-0.4, -0.2) is 39.8 Å². The number of nitrogens with zero attached hydrogens (tertiary/aromatic N) is 2. The van der Waals surface area contributed by atoms with Crippen LogP contribution in [0.2, 0.25) is 0 Å². The molecule has 1 fully saturated rings. The van der Waals surface area contributed by atoms with Gasteiger partial charge < -0.3 is 10.6 Å². The maximum absolute atomic E-state index is 12.2. The van der Waals surface area contributed by atoms with Crippen LogP contribution in [0.25, 0.3) is 11.0 Å². The number of H-pyrrole nitrogens is 1. The molecule has 0 bridgehead atoms. The smallest absolute Gasteiger partial charge is 0.273 e. The number of fused-ring (bicyclic) bond motifs is 1. The van der Waals surface area contributed by atoms with Gasteiger partial charge in [-0.05, 0) is 50.8 Å². The minimum absolute atomic E-state index is 0.0598. The molecular formula is C17H25N5O2. The molecule has 1 atom stereocenters. The quantitative estimate of drug-likeness (QED) is 0.768. The summed E-state index contributed by atoms with van der Waals surface area (Å²) in [6.45, 7) is 5.74. The van der Waals surface area contributed by atoms with Gasteiger partial charge in [-0.1, -0.05) is 0 Å². The Morgan fingerprint density at radius 2 is 2.21 bits per heavy atom. The van der Waals surface area contributed by atoms with Crippen LogP contribution in [0, 0.1) is 13.8 Å². The minimum Gasteiger partial charge on any atom is -0.352 e. The van der Waals surface area contributed by atoms with Gasteiger partial charge in [-0.2, -0.15) is 0 Å². The van der Waals surface area contributed by atoms with Crippen molar-refractivity contribution in [3.63, 3.8) is 0 Å². The number of carbonyl (C=O) groups is 1. The van der Waals surface area contributed by atoms with E-state index in [0.29, 0.717) is 23.9 Å². The van der Waals surface area contributed by atoms with Gasteiger partial charge in [-0.25, -0.2) is 4.98 Å². The predicted molar refractivity (Wildman–Crippen MR) is 93.2 cm³/mol. The third-order valence-electron chi connectivity index (χ3n) is 4.84. The van der Waals surface area contributed by atoms with Crippen LogP contribution in [0.1, 0.15) is 36.1 Å². The lowest BCUT2D eigenvalue weighted by Crippen LogP contribution is -2.45. The van der Waals surface area contributed by atoms with Crippen molar-refractivity contribution in [1.29, 1.82) is 0 Å². The molecule has 0 spiro atoms. The highest BCUT2D eigenvalue weighted by Crippen LogP contribution is 2.21. The van der Waals surface area contributed by atoms with E-state index in [1.54, 1.807) is 11.7 Å². The fourth-order valence-corrected chi connectivity index (χ4v) is 3.53. The van der Waals surface area contributed by atoms with Gasteiger partial charge in [0, 0.05) is 31.7 Å². The van der Waals surface area contributed by atoms with Crippen LogP contribution >= 0.6 is 0 Å². The number of aryl methyl sites for hydroxylation is 3. The summed E-state index contributed by atoms with van der Waals surface area (Å²) in [6, 6.07) is 0.228. The van der Waals surface area contributed by atoms with Gasteiger partial charge in [-0.15, -0.1) is 0 Å². The molecule has 0 aliphatic carbocycles. The van der Waals surface area contributed by atoms with Crippen LogP contribution in [0.15, 0.2) is 4.79 Å². The van der Waals surface area contributed by atoms with Crippen LogP contribution in [0.4, 0.5) is 0 Å². The van der Waals surface area contributed by atoms with E-state index in [-0.39, 0.29) is 17.5 Å². The summed E-state index contributed by atoms with van der Waals surface area (Å²) in [5.74, 6) is 0.0598. The molecule has 1 aliphatic rings. The van der Waals surface area contributed by atoms with E-state index in [1.165, 1.54) is 0 Å². The van der Waals surface area contributed by atoms with Crippen molar-refractivity contribution in [2.45, 2.75) is 45.6 Å². The van der Waals surface area contributed by atoms with Gasteiger partial charge in [0.25, 0.3) is 5.56 Å². The number of carbonyl (C=O) groups excluding carboxylic acids is 1. The summed E-state index contributed by atoms with van der Waals surface area (Å²) >= 11 is 0. The second-order valence-corrected chi connectivity index (χ2v) is 6.61. The summed E-state index contributed by atoms with van der Waals surface area (Å²) in [5.41, 5.74) is 3.33. The van der Waals surface area contributed by atoms with E-state index < -0.39 is 0 Å². The SMILES string of the molecule is Cc1nc2c(c(C)c1CCC(=O)NC1CCCNC1)c(=O)[nH]n2C. The first kappa shape index (κ1) is 16.7. The summed E-state index contributed by atoms with van der Waals surface area (Å²) in [5, 5.41) is 9.75.